The van der Waals surface area contributed by atoms with Crippen molar-refractivity contribution in [1.82, 2.24) is 25.6 Å². The Bertz CT molecular complexity index is 7070. The summed E-state index contributed by atoms with van der Waals surface area (Å²) in [5, 5.41) is 58.4. The van der Waals surface area contributed by atoms with E-state index in [9.17, 15) is 41.8 Å². The Balaban J connectivity index is 0.000000154. The van der Waals surface area contributed by atoms with Crippen LogP contribution in [0.4, 0.5) is 17.6 Å². The van der Waals surface area contributed by atoms with Crippen molar-refractivity contribution in [3.8, 4) is 120 Å². The van der Waals surface area contributed by atoms with Crippen molar-refractivity contribution in [3.63, 3.8) is 0 Å². The number of aromatic nitrogens is 5. The largest absolute Gasteiger partial charge is 0.573 e. The summed E-state index contributed by atoms with van der Waals surface area (Å²) in [6.07, 6.45) is -2.70. The van der Waals surface area contributed by atoms with Gasteiger partial charge in [0.15, 0.2) is 52.5 Å². The molecule has 0 aliphatic carbocycles. The zero-order valence-electron chi connectivity index (χ0n) is 73.7. The molecule has 5 heterocycles. The Morgan fingerprint density at radius 1 is 0.380 bits per heavy atom. The van der Waals surface area contributed by atoms with Crippen LogP contribution < -0.4 is 42.6 Å². The van der Waals surface area contributed by atoms with E-state index in [-0.39, 0.29) is 54.7 Å². The van der Waals surface area contributed by atoms with E-state index in [1.807, 2.05) is 61.5 Å². The molecule has 0 fully saturated rings. The SMILES string of the molecule is CCCc1cc(Oc2ccc(F)cc2)ccc1-c1noc2cc(Cl)c(O[C@@H](C)C(=O)O)cc12.CCCc1cc(Oc2ccc(OC(F)(F)F)cc2)ccc1-c1noc2cc(Cl)c(O[C@@H](C)C(=O)O)cc12.CCCc1cc(Oc2cccc(Cl)c2)ccc1-c1noc2cc(Cl)c(O[C@@H](C)C(=O)O)cc12.CCCc1nc(Oc2ccc(Cl)cc2)ccc1-c1noc2cc(Cl)c(O[C@@H](C)C(=O)O)c(I)c12. The van der Waals surface area contributed by atoms with Crippen molar-refractivity contribution in [2.75, 3.05) is 0 Å². The fourth-order valence-electron chi connectivity index (χ4n) is 13.9. The van der Waals surface area contributed by atoms with E-state index >= 15 is 0 Å². The maximum atomic E-state index is 13.2. The molecule has 16 aromatic rings. The number of halogens is 11. The van der Waals surface area contributed by atoms with Crippen LogP contribution in [-0.2, 0) is 44.9 Å². The summed E-state index contributed by atoms with van der Waals surface area (Å²) < 4.78 is 123. The molecule has 137 heavy (non-hydrogen) atoms. The highest BCUT2D eigenvalue weighted by Crippen LogP contribution is 2.47. The maximum absolute atomic E-state index is 13.2. The number of hydrogen-bond acceptors (Lipinski definition) is 22. The molecule has 0 aliphatic heterocycles. The van der Waals surface area contributed by atoms with Gasteiger partial charge in [-0.15, -0.1) is 13.2 Å². The summed E-state index contributed by atoms with van der Waals surface area (Å²) in [6, 6.07) is 56.6. The van der Waals surface area contributed by atoms with Gasteiger partial charge in [0.2, 0.25) is 5.88 Å². The highest BCUT2D eigenvalue weighted by atomic mass is 127. The topological polar surface area (TPSA) is 349 Å². The predicted molar refractivity (Wildman–Crippen MR) is 518 cm³/mol. The van der Waals surface area contributed by atoms with Gasteiger partial charge >= 0.3 is 30.2 Å². The number of benzene rings is 11. The second-order valence-corrected chi connectivity index (χ2v) is 34.2. The van der Waals surface area contributed by atoms with Crippen molar-refractivity contribution in [2.24, 2.45) is 0 Å². The third-order valence-corrected chi connectivity index (χ3v) is 23.1. The average Bonchev–Trinajstić information content (AvgIpc) is 1.64. The van der Waals surface area contributed by atoms with Crippen LogP contribution in [-0.4, -0.2) is 101 Å². The van der Waals surface area contributed by atoms with Crippen molar-refractivity contribution in [2.45, 2.75) is 138 Å². The first-order valence-corrected chi connectivity index (χ1v) is 45.7. The van der Waals surface area contributed by atoms with Crippen LogP contribution in [0.1, 0.15) is 103 Å². The van der Waals surface area contributed by atoms with E-state index in [0.29, 0.717) is 139 Å². The summed E-state index contributed by atoms with van der Waals surface area (Å²) in [6.45, 7) is 13.9. The average molecular weight is 2110 g/mol. The number of aryl methyl sites for hydroxylation is 4. The van der Waals surface area contributed by atoms with Crippen molar-refractivity contribution in [1.29, 1.82) is 0 Å². The molecule has 0 bridgehead atoms. The van der Waals surface area contributed by atoms with Gasteiger partial charge in [-0.3, -0.25) is 0 Å². The van der Waals surface area contributed by atoms with E-state index in [1.54, 1.807) is 109 Å². The number of pyridine rings is 1. The summed E-state index contributed by atoms with van der Waals surface area (Å²) in [4.78, 5) is 49.6. The number of nitrogens with zero attached hydrogens (tertiary/aromatic N) is 5. The van der Waals surface area contributed by atoms with Gasteiger partial charge in [0.05, 0.1) is 50.9 Å². The molecule has 11 aromatic carbocycles. The van der Waals surface area contributed by atoms with E-state index < -0.39 is 54.7 Å². The van der Waals surface area contributed by atoms with E-state index in [1.165, 1.54) is 70.2 Å². The van der Waals surface area contributed by atoms with Crippen molar-refractivity contribution < 1.29 is 118 Å². The van der Waals surface area contributed by atoms with Crippen LogP contribution in [0, 0.1) is 9.39 Å². The molecule has 710 valence electrons. The lowest BCUT2D eigenvalue weighted by molar-refractivity contribution is -0.274. The standard InChI is InChI=1S/C26H21ClF3NO6.C25H21Cl2NO5.C25H21ClFNO5.C24H19Cl2IN2O5/c1-3-4-15-11-18(35-16-5-7-17(8-6-16)36-26(28,29)30)9-10-19(15)24-20-12-23(34-14(2)25(32)33)21(27)13-22(20)37-31-24;1-3-5-15-10-18(32-17-7-4-6-16(26)11-17)8-9-19(15)24-20-12-23(31-14(2)25(29)30)21(27)13-22(20)33-28-24;1-3-4-15-11-18(32-17-7-5-16(27)6-8-17)9-10-19(15)24-20-12-23(31-14(2)25(29)30)21(26)13-22(20)33-28-24;1-3-4-17-15(9-10-19(28-17)33-14-7-5-13(25)6-8-14)22-20-18(34-29-22)11-16(26)23(21(20)27)32-12(2)24(30)31/h5-14H,3-4H2,1-2H3,(H,32,33);4,6-14H,3,5H2,1-2H3,(H,29,30);5-14H,3-4H2,1-2H3,(H,29,30);5-12H,3-4H2,1-2H3,(H,30,31)/t3*14-;12-/m0000/s1. The van der Waals surface area contributed by atoms with Crippen LogP contribution in [0.3, 0.4) is 0 Å². The second kappa shape index (κ2) is 45.6. The van der Waals surface area contributed by atoms with Crippen molar-refractivity contribution >= 4 is 160 Å². The van der Waals surface area contributed by atoms with E-state index in [4.69, 9.17) is 146 Å². The molecule has 0 spiro atoms. The molecule has 0 saturated carbocycles. The molecule has 0 amide bonds. The smallest absolute Gasteiger partial charge is 0.479 e. The van der Waals surface area contributed by atoms with Gasteiger partial charge < -0.3 is 81.2 Å². The Kier molecular flexibility index (Phi) is 33.7. The number of rotatable bonds is 33. The lowest BCUT2D eigenvalue weighted by atomic mass is 9.98. The molecule has 16 rings (SSSR count). The maximum Gasteiger partial charge on any atom is 0.573 e. The Morgan fingerprint density at radius 3 is 1.14 bits per heavy atom. The molecule has 5 aromatic heterocycles. The molecule has 4 atom stereocenters. The number of fused-ring (bicyclic) bond motifs is 4. The quantitative estimate of drug-likeness (QED) is 0.0219. The molecule has 37 heteroatoms. The van der Waals surface area contributed by atoms with Crippen LogP contribution >= 0.6 is 92.2 Å². The summed E-state index contributed by atoms with van der Waals surface area (Å²) >= 11 is 39.2. The summed E-state index contributed by atoms with van der Waals surface area (Å²) in [7, 11) is 0. The van der Waals surface area contributed by atoms with Gasteiger partial charge in [0.25, 0.3) is 0 Å². The van der Waals surface area contributed by atoms with Gasteiger partial charge in [0.1, 0.15) is 91.8 Å². The van der Waals surface area contributed by atoms with Gasteiger partial charge in [-0.05, 0) is 263 Å². The minimum absolute atomic E-state index is 0.184. The number of carboxylic acids is 4. The Morgan fingerprint density at radius 2 is 0.730 bits per heavy atom. The minimum atomic E-state index is -4.77. The Labute approximate surface area is 823 Å². The Hall–Kier alpha value is -13.3. The van der Waals surface area contributed by atoms with Gasteiger partial charge in [-0.2, -0.15) is 0 Å². The first kappa shape index (κ1) is 101. The monoisotopic (exact) mass is 2100 g/mol. The molecule has 0 unspecified atom stereocenters. The van der Waals surface area contributed by atoms with E-state index in [2.05, 4.69) is 68.7 Å². The van der Waals surface area contributed by atoms with E-state index in [0.717, 1.165) is 83.2 Å². The van der Waals surface area contributed by atoms with Crippen LogP contribution in [0.15, 0.2) is 224 Å². The number of alkyl halides is 3. The molecular weight excluding hydrogens is 2020 g/mol. The predicted octanol–water partition coefficient (Wildman–Crippen LogP) is 29.3. The highest BCUT2D eigenvalue weighted by molar-refractivity contribution is 14.1. The lowest BCUT2D eigenvalue weighted by Crippen LogP contribution is -2.23. The van der Waals surface area contributed by atoms with Crippen molar-refractivity contribution in [3.05, 3.63) is 268 Å². The second-order valence-electron chi connectivity index (χ2n) is 30.6. The molecule has 0 radical (unpaired) electrons. The molecule has 0 saturated heterocycles. The number of carboxylic acid groups (broad SMARTS) is 4. The molecule has 4 N–H and O–H groups in total. The number of hydrogen-bond donors (Lipinski definition) is 4. The molecule has 26 nitrogen and oxygen atoms in total. The summed E-state index contributed by atoms with van der Waals surface area (Å²) in [5.74, 6) is 0.195. The first-order chi connectivity index (χ1) is 65.5. The number of carbonyl (C=O) groups is 4. The molecular formula is C100H82Cl6F4IN5O21. The van der Waals surface area contributed by atoms with Crippen LogP contribution in [0.2, 0.25) is 30.1 Å². The zero-order valence-corrected chi connectivity index (χ0v) is 80.4. The number of ether oxygens (including phenoxy) is 9. The van der Waals surface area contributed by atoms with Crippen LogP contribution in [0.25, 0.3) is 88.9 Å². The van der Waals surface area contributed by atoms with Gasteiger partial charge in [-0.1, -0.05) is 150 Å². The third-order valence-electron chi connectivity index (χ3n) is 20.4. The van der Waals surface area contributed by atoms with Gasteiger partial charge in [0, 0.05) is 62.6 Å². The first-order valence-electron chi connectivity index (χ1n) is 42.4. The minimum Gasteiger partial charge on any atom is -0.479 e. The van der Waals surface area contributed by atoms with Crippen LogP contribution in [0.5, 0.6) is 74.9 Å². The lowest BCUT2D eigenvalue weighted by Gasteiger charge is -2.14. The highest BCUT2D eigenvalue weighted by Gasteiger charge is 2.32. The number of aliphatic carboxylic acids is 4. The fourth-order valence-corrected chi connectivity index (χ4v) is 16.1. The fraction of sp³-hybridized carbons (Fsp3) is 0.210. The normalized spacial score (nSPS) is 12.1. The molecule has 0 aliphatic rings. The summed E-state index contributed by atoms with van der Waals surface area (Å²) in [5.41, 5.74) is 11.1. The third kappa shape index (κ3) is 25.7. The zero-order chi connectivity index (χ0) is 98.2. The van der Waals surface area contributed by atoms with Gasteiger partial charge in [-0.25, -0.2) is 28.6 Å².